The third-order valence-electron chi connectivity index (χ3n) is 5.05. The summed E-state index contributed by atoms with van der Waals surface area (Å²) in [6.45, 7) is 4.68. The predicted octanol–water partition coefficient (Wildman–Crippen LogP) is 3.85. The fraction of sp³-hybridized carbons (Fsp3) is 0.389. The van der Waals surface area contributed by atoms with Crippen LogP contribution in [0.4, 0.5) is 0 Å². The fourth-order valence-electron chi connectivity index (χ4n) is 3.83. The van der Waals surface area contributed by atoms with E-state index in [2.05, 4.69) is 48.8 Å². The van der Waals surface area contributed by atoms with Crippen LogP contribution < -0.4 is 0 Å². The van der Waals surface area contributed by atoms with Crippen LogP contribution in [0.3, 0.4) is 0 Å². The molecule has 1 spiro atoms. The Bertz CT molecular complexity index is 825. The number of ether oxygens (including phenoxy) is 1. The van der Waals surface area contributed by atoms with Gasteiger partial charge < -0.3 is 9.30 Å². The monoisotopic (exact) mass is 357 g/mol. The molecule has 2 aliphatic heterocycles. The first kappa shape index (κ1) is 14.8. The van der Waals surface area contributed by atoms with Crippen LogP contribution in [-0.4, -0.2) is 33.1 Å². The maximum absolute atomic E-state index is 6.31. The Morgan fingerprint density at radius 3 is 3.08 bits per heavy atom. The van der Waals surface area contributed by atoms with Gasteiger partial charge in [-0.15, -0.1) is 11.3 Å². The fourth-order valence-corrected chi connectivity index (χ4v) is 5.23. The van der Waals surface area contributed by atoms with Gasteiger partial charge in [-0.2, -0.15) is 11.3 Å². The minimum absolute atomic E-state index is 0.0598. The van der Waals surface area contributed by atoms with E-state index in [0.717, 1.165) is 38.4 Å². The lowest BCUT2D eigenvalue weighted by atomic mass is 10.0. The van der Waals surface area contributed by atoms with Crippen LogP contribution in [0.25, 0.3) is 10.6 Å². The summed E-state index contributed by atoms with van der Waals surface area (Å²) in [5.41, 5.74) is 2.59. The summed E-state index contributed by atoms with van der Waals surface area (Å²) in [4.78, 5) is 8.39. The van der Waals surface area contributed by atoms with Crippen molar-refractivity contribution in [2.24, 2.45) is 0 Å². The molecule has 24 heavy (non-hydrogen) atoms. The molecule has 5 rings (SSSR count). The molecule has 0 bridgehead atoms. The largest absolute Gasteiger partial charge is 0.364 e. The van der Waals surface area contributed by atoms with E-state index in [0.29, 0.717) is 6.61 Å². The normalized spacial score (nSPS) is 23.8. The average Bonchev–Trinajstić information content (AvgIpc) is 3.35. The van der Waals surface area contributed by atoms with Gasteiger partial charge in [-0.05, 0) is 40.3 Å². The standard InChI is InChI=1S/C18H19N3OS2/c1-2-16(24-6-1)15-8-19-17-10-22-18(13-21(15)17)4-5-20(12-18)9-14-3-7-23-11-14/h1-3,6-8,11H,4-5,9-10,12-13H2. The Morgan fingerprint density at radius 1 is 1.25 bits per heavy atom. The van der Waals surface area contributed by atoms with Crippen LogP contribution in [-0.2, 0) is 24.4 Å². The maximum atomic E-state index is 6.31. The van der Waals surface area contributed by atoms with E-state index in [-0.39, 0.29) is 5.60 Å². The number of fused-ring (bicyclic) bond motifs is 1. The van der Waals surface area contributed by atoms with Crippen molar-refractivity contribution in [2.75, 3.05) is 13.1 Å². The van der Waals surface area contributed by atoms with E-state index >= 15 is 0 Å². The summed E-state index contributed by atoms with van der Waals surface area (Å²) in [6.07, 6.45) is 3.10. The van der Waals surface area contributed by atoms with Crippen LogP contribution in [0.2, 0.25) is 0 Å². The molecule has 3 aromatic rings. The molecule has 2 aliphatic rings. The molecular formula is C18H19N3OS2. The second-order valence-corrected chi connectivity index (χ2v) is 8.41. The van der Waals surface area contributed by atoms with Crippen LogP contribution in [0, 0.1) is 0 Å². The van der Waals surface area contributed by atoms with E-state index in [9.17, 15) is 0 Å². The first-order chi connectivity index (χ1) is 11.8. The topological polar surface area (TPSA) is 30.3 Å². The lowest BCUT2D eigenvalue weighted by Crippen LogP contribution is -2.44. The van der Waals surface area contributed by atoms with Crippen LogP contribution in [0.1, 0.15) is 17.8 Å². The molecule has 0 saturated carbocycles. The summed E-state index contributed by atoms with van der Waals surface area (Å²) in [6, 6.07) is 6.50. The molecule has 1 fully saturated rings. The Kier molecular flexibility index (Phi) is 3.59. The molecule has 0 aromatic carbocycles. The highest BCUT2D eigenvalue weighted by molar-refractivity contribution is 7.13. The summed E-state index contributed by atoms with van der Waals surface area (Å²) in [5.74, 6) is 1.06. The van der Waals surface area contributed by atoms with Crippen molar-refractivity contribution in [2.45, 2.75) is 31.7 Å². The Labute approximate surface area is 149 Å². The van der Waals surface area contributed by atoms with Gasteiger partial charge in [-0.3, -0.25) is 4.90 Å². The molecule has 1 saturated heterocycles. The zero-order chi connectivity index (χ0) is 16.0. The van der Waals surface area contributed by atoms with Crippen molar-refractivity contribution in [3.05, 3.63) is 51.9 Å². The van der Waals surface area contributed by atoms with Crippen LogP contribution in [0.15, 0.2) is 40.5 Å². The summed E-state index contributed by atoms with van der Waals surface area (Å²) >= 11 is 3.55. The molecule has 0 aliphatic carbocycles. The number of hydrogen-bond acceptors (Lipinski definition) is 5. The van der Waals surface area contributed by atoms with Gasteiger partial charge in [0.15, 0.2) is 0 Å². The Morgan fingerprint density at radius 2 is 2.25 bits per heavy atom. The number of likely N-dealkylation sites (tertiary alicyclic amines) is 1. The molecule has 0 radical (unpaired) electrons. The first-order valence-corrected chi connectivity index (χ1v) is 10.1. The Hall–Kier alpha value is -1.47. The van der Waals surface area contributed by atoms with Gasteiger partial charge in [0.1, 0.15) is 18.0 Å². The minimum Gasteiger partial charge on any atom is -0.364 e. The van der Waals surface area contributed by atoms with E-state index in [1.807, 2.05) is 6.20 Å². The van der Waals surface area contributed by atoms with E-state index in [1.165, 1.54) is 16.1 Å². The first-order valence-electron chi connectivity index (χ1n) is 8.27. The van der Waals surface area contributed by atoms with Gasteiger partial charge in [-0.1, -0.05) is 6.07 Å². The van der Waals surface area contributed by atoms with Gasteiger partial charge in [0.25, 0.3) is 0 Å². The predicted molar refractivity (Wildman–Crippen MR) is 97.3 cm³/mol. The highest BCUT2D eigenvalue weighted by Crippen LogP contribution is 2.36. The van der Waals surface area contributed by atoms with Crippen molar-refractivity contribution in [1.29, 1.82) is 0 Å². The van der Waals surface area contributed by atoms with Gasteiger partial charge in [0.05, 0.1) is 23.3 Å². The van der Waals surface area contributed by atoms with Crippen molar-refractivity contribution >= 4 is 22.7 Å². The number of nitrogens with zero attached hydrogens (tertiary/aromatic N) is 3. The number of hydrogen-bond donors (Lipinski definition) is 0. The second-order valence-electron chi connectivity index (χ2n) is 6.69. The van der Waals surface area contributed by atoms with Gasteiger partial charge in [0, 0.05) is 19.6 Å². The van der Waals surface area contributed by atoms with Gasteiger partial charge in [-0.25, -0.2) is 4.98 Å². The van der Waals surface area contributed by atoms with E-state index in [4.69, 9.17) is 4.74 Å². The van der Waals surface area contributed by atoms with Crippen molar-refractivity contribution < 1.29 is 4.74 Å². The smallest absolute Gasteiger partial charge is 0.135 e. The molecule has 1 atom stereocenters. The van der Waals surface area contributed by atoms with Crippen LogP contribution in [0.5, 0.6) is 0 Å². The van der Waals surface area contributed by atoms with Crippen LogP contribution >= 0.6 is 22.7 Å². The van der Waals surface area contributed by atoms with E-state index < -0.39 is 0 Å². The minimum atomic E-state index is -0.0598. The molecule has 6 heteroatoms. The second kappa shape index (κ2) is 5.81. The summed E-state index contributed by atoms with van der Waals surface area (Å²) in [5, 5.41) is 6.53. The molecule has 3 aromatic heterocycles. The third-order valence-corrected chi connectivity index (χ3v) is 6.67. The molecule has 0 N–H and O–H groups in total. The highest BCUT2D eigenvalue weighted by atomic mass is 32.1. The molecular weight excluding hydrogens is 338 g/mol. The number of rotatable bonds is 3. The SMILES string of the molecule is c1csc(-c2cnc3n2CC2(CCN(Cc4ccsc4)C2)OC3)c1. The number of thiophene rings is 2. The van der Waals surface area contributed by atoms with Gasteiger partial charge >= 0.3 is 0 Å². The van der Waals surface area contributed by atoms with Crippen molar-refractivity contribution in [3.63, 3.8) is 0 Å². The number of imidazole rings is 1. The molecule has 1 unspecified atom stereocenters. The lowest BCUT2D eigenvalue weighted by molar-refractivity contribution is -0.0821. The lowest BCUT2D eigenvalue weighted by Gasteiger charge is -2.35. The zero-order valence-corrected chi connectivity index (χ0v) is 15.0. The number of aromatic nitrogens is 2. The van der Waals surface area contributed by atoms with Crippen molar-refractivity contribution in [3.8, 4) is 10.6 Å². The van der Waals surface area contributed by atoms with Crippen molar-refractivity contribution in [1.82, 2.24) is 14.5 Å². The summed E-state index contributed by atoms with van der Waals surface area (Å²) in [7, 11) is 0. The molecule has 0 amide bonds. The Balaban J connectivity index is 1.38. The average molecular weight is 358 g/mol. The molecule has 5 heterocycles. The third kappa shape index (κ3) is 2.54. The van der Waals surface area contributed by atoms with Gasteiger partial charge in [0.2, 0.25) is 0 Å². The van der Waals surface area contributed by atoms with E-state index in [1.54, 1.807) is 22.7 Å². The highest BCUT2D eigenvalue weighted by Gasteiger charge is 2.43. The quantitative estimate of drug-likeness (QED) is 0.713. The summed E-state index contributed by atoms with van der Waals surface area (Å²) < 4.78 is 8.69. The molecule has 124 valence electrons. The maximum Gasteiger partial charge on any atom is 0.135 e. The molecule has 4 nitrogen and oxygen atoms in total. The zero-order valence-electron chi connectivity index (χ0n) is 13.4.